The van der Waals surface area contributed by atoms with E-state index in [-0.39, 0.29) is 10.3 Å². The van der Waals surface area contributed by atoms with E-state index in [1.807, 2.05) is 0 Å². The second-order valence-corrected chi connectivity index (χ2v) is 34.9. The number of esters is 1. The maximum atomic E-state index is 11.8. The van der Waals surface area contributed by atoms with E-state index in [4.69, 9.17) is 17.1 Å². The Bertz CT molecular complexity index is 447. The molecule has 0 amide bonds. The number of rotatable bonds is 13. The van der Waals surface area contributed by atoms with Crippen molar-refractivity contribution in [3.63, 3.8) is 0 Å². The van der Waals surface area contributed by atoms with Gasteiger partial charge in [0.05, 0.1) is 6.61 Å². The molecule has 0 saturated heterocycles. The van der Waals surface area contributed by atoms with E-state index in [1.54, 1.807) is 6.92 Å². The lowest BCUT2D eigenvalue weighted by atomic mass is 10.4. The molecule has 0 aromatic heterocycles. The SMILES string of the molecule is C=C(C)C(=O)OCCC([SiH2]O[Si](C)(C)C)([SiH2]O[Si](C)(C)C)[SiH2]O[Si](C)(C)C. The van der Waals surface area contributed by atoms with Gasteiger partial charge in [-0.3, -0.25) is 0 Å². The number of hydrogen-bond acceptors (Lipinski definition) is 5. The molecule has 0 fully saturated rings. The molecule has 0 N–H and O–H groups in total. The summed E-state index contributed by atoms with van der Waals surface area (Å²) in [6.07, 6.45) is 0.829. The highest BCUT2D eigenvalue weighted by molar-refractivity contribution is 6.86. The summed E-state index contributed by atoms with van der Waals surface area (Å²) in [5.41, 5.74) is 0.447. The fraction of sp³-hybridized carbons (Fsp3) is 0.812. The van der Waals surface area contributed by atoms with Crippen LogP contribution >= 0.6 is 0 Å². The Morgan fingerprint density at radius 3 is 1.41 bits per heavy atom. The van der Waals surface area contributed by atoms with Gasteiger partial charge in [-0.15, -0.1) is 0 Å². The number of carbonyl (C=O) groups excluding carboxylic acids is 1. The molecule has 0 saturated carbocycles. The molecule has 0 unspecified atom stereocenters. The Kier molecular flexibility index (Phi) is 11.1. The third-order valence-electron chi connectivity index (χ3n) is 3.65. The minimum absolute atomic E-state index is 0.0934. The molecule has 0 spiro atoms. The summed E-state index contributed by atoms with van der Waals surface area (Å²) >= 11 is 0. The van der Waals surface area contributed by atoms with E-state index < -0.39 is 54.2 Å². The second kappa shape index (κ2) is 11.0. The van der Waals surface area contributed by atoms with Gasteiger partial charge in [0, 0.05) is 9.86 Å². The van der Waals surface area contributed by atoms with Crippen LogP contribution in [0, 0.1) is 0 Å². The van der Waals surface area contributed by atoms with Crippen molar-refractivity contribution in [2.24, 2.45) is 0 Å². The summed E-state index contributed by atoms with van der Waals surface area (Å²) in [7, 11) is -7.27. The molecule has 11 heteroatoms. The van der Waals surface area contributed by atoms with Crippen molar-refractivity contribution in [3.8, 4) is 0 Å². The molecule has 0 aromatic carbocycles. The van der Waals surface area contributed by atoms with E-state index in [0.717, 1.165) is 6.42 Å². The van der Waals surface area contributed by atoms with Crippen molar-refractivity contribution in [3.05, 3.63) is 12.2 Å². The van der Waals surface area contributed by atoms with Crippen molar-refractivity contribution < 1.29 is 21.9 Å². The van der Waals surface area contributed by atoms with Crippen LogP contribution in [0.1, 0.15) is 13.3 Å². The Morgan fingerprint density at radius 1 is 0.815 bits per heavy atom. The zero-order valence-electron chi connectivity index (χ0n) is 19.3. The predicted molar refractivity (Wildman–Crippen MR) is 132 cm³/mol. The van der Waals surface area contributed by atoms with Gasteiger partial charge in [0.15, 0.2) is 54.2 Å². The van der Waals surface area contributed by atoms with Crippen LogP contribution in [0.3, 0.4) is 0 Å². The van der Waals surface area contributed by atoms with Gasteiger partial charge in [-0.25, -0.2) is 4.79 Å². The van der Waals surface area contributed by atoms with Crippen molar-refractivity contribution >= 4 is 60.2 Å². The first kappa shape index (κ1) is 27.4. The summed E-state index contributed by atoms with van der Waals surface area (Å²) in [4.78, 5) is 11.8. The fourth-order valence-electron chi connectivity index (χ4n) is 1.93. The molecular weight excluding hydrogens is 441 g/mol. The van der Waals surface area contributed by atoms with Crippen LogP contribution in [-0.4, -0.2) is 66.8 Å². The summed E-state index contributed by atoms with van der Waals surface area (Å²) in [6.45, 7) is 26.0. The summed E-state index contributed by atoms with van der Waals surface area (Å²) < 4.78 is 25.0. The number of carbonyl (C=O) groups is 1. The molecule has 0 aliphatic rings. The topological polar surface area (TPSA) is 54.0 Å². The first-order chi connectivity index (χ1) is 11.9. The highest BCUT2D eigenvalue weighted by Gasteiger charge is 2.38. The lowest BCUT2D eigenvalue weighted by molar-refractivity contribution is -0.139. The smallest absolute Gasteiger partial charge is 0.333 e. The molecule has 160 valence electrons. The van der Waals surface area contributed by atoms with Crippen LogP contribution in [0.25, 0.3) is 0 Å². The molecule has 27 heavy (non-hydrogen) atoms. The van der Waals surface area contributed by atoms with Gasteiger partial charge in [0.25, 0.3) is 0 Å². The summed E-state index contributed by atoms with van der Waals surface area (Å²) in [5.74, 6) is -0.308. The molecular formula is C16H42O5Si6. The molecule has 0 rings (SSSR count). The van der Waals surface area contributed by atoms with Gasteiger partial charge < -0.3 is 17.1 Å². The molecule has 0 aliphatic carbocycles. The van der Waals surface area contributed by atoms with Crippen molar-refractivity contribution in [1.82, 2.24) is 0 Å². The van der Waals surface area contributed by atoms with E-state index in [1.165, 1.54) is 0 Å². The van der Waals surface area contributed by atoms with Crippen molar-refractivity contribution in [2.45, 2.75) is 76.6 Å². The van der Waals surface area contributed by atoms with Gasteiger partial charge in [0.1, 0.15) is 0 Å². The summed E-state index contributed by atoms with van der Waals surface area (Å²) in [6, 6.07) is 0. The highest BCUT2D eigenvalue weighted by Crippen LogP contribution is 2.31. The third-order valence-corrected chi connectivity index (χ3v) is 22.3. The molecule has 0 aliphatic heterocycles. The van der Waals surface area contributed by atoms with Crippen LogP contribution in [0.4, 0.5) is 0 Å². The largest absolute Gasteiger partial charge is 0.462 e. The first-order valence-corrected chi connectivity index (χ1v) is 23.8. The molecule has 0 radical (unpaired) electrons. The van der Waals surface area contributed by atoms with E-state index in [2.05, 4.69) is 65.5 Å². The van der Waals surface area contributed by atoms with Crippen LogP contribution < -0.4 is 0 Å². The van der Waals surface area contributed by atoms with Crippen molar-refractivity contribution in [1.29, 1.82) is 0 Å². The van der Waals surface area contributed by atoms with Gasteiger partial charge in [-0.05, 0) is 72.3 Å². The zero-order chi connectivity index (χ0) is 21.5. The first-order valence-electron chi connectivity index (χ1n) is 9.69. The monoisotopic (exact) mass is 482 g/mol. The standard InChI is InChI=1S/C16H42O5Si6/c1-14(2)15(17)18-13-12-16(22-19-25(3,4)5,23-20-26(6,7)8)24-21-27(9,10)11/h1,12-13,22-24H2,2-11H3. The molecule has 5 nitrogen and oxygen atoms in total. The van der Waals surface area contributed by atoms with Crippen LogP contribution in [0.5, 0.6) is 0 Å². The number of ether oxygens (including phenoxy) is 1. The summed E-state index contributed by atoms with van der Waals surface area (Å²) in [5, 5.41) is 0. The minimum Gasteiger partial charge on any atom is -0.462 e. The lowest BCUT2D eigenvalue weighted by Gasteiger charge is -2.38. The molecule has 0 heterocycles. The maximum absolute atomic E-state index is 11.8. The van der Waals surface area contributed by atoms with Crippen molar-refractivity contribution in [2.75, 3.05) is 6.61 Å². The zero-order valence-corrected chi connectivity index (χ0v) is 26.5. The average molecular weight is 483 g/mol. The Hall–Kier alpha value is 0.391. The van der Waals surface area contributed by atoms with Crippen LogP contribution in [0.2, 0.25) is 63.2 Å². The quantitative estimate of drug-likeness (QED) is 0.229. The Labute approximate surface area is 177 Å². The molecule has 0 aromatic rings. The van der Waals surface area contributed by atoms with Gasteiger partial charge in [-0.1, -0.05) is 6.58 Å². The highest BCUT2D eigenvalue weighted by atomic mass is 28.4. The fourth-order valence-corrected chi connectivity index (χ4v) is 18.2. The van der Waals surface area contributed by atoms with Crippen LogP contribution in [0.15, 0.2) is 12.2 Å². The number of hydrogen-bond donors (Lipinski definition) is 0. The predicted octanol–water partition coefficient (Wildman–Crippen LogP) is 2.38. The van der Waals surface area contributed by atoms with E-state index >= 15 is 0 Å². The van der Waals surface area contributed by atoms with Gasteiger partial charge in [0.2, 0.25) is 0 Å². The normalized spacial score (nSPS) is 16.7. The molecule has 0 bridgehead atoms. The minimum atomic E-state index is -1.60. The second-order valence-electron chi connectivity index (χ2n) is 10.4. The Balaban J connectivity index is 5.38. The Morgan fingerprint density at radius 2 is 1.15 bits per heavy atom. The third kappa shape index (κ3) is 15.0. The van der Waals surface area contributed by atoms with Gasteiger partial charge >= 0.3 is 5.97 Å². The maximum Gasteiger partial charge on any atom is 0.333 e. The van der Waals surface area contributed by atoms with Crippen LogP contribution in [-0.2, 0) is 21.9 Å². The lowest BCUT2D eigenvalue weighted by Crippen LogP contribution is -2.47. The van der Waals surface area contributed by atoms with E-state index in [0.29, 0.717) is 12.2 Å². The average Bonchev–Trinajstić information content (AvgIpc) is 2.45. The van der Waals surface area contributed by atoms with Gasteiger partial charge in [-0.2, -0.15) is 0 Å². The molecule has 0 atom stereocenters. The van der Waals surface area contributed by atoms with E-state index in [9.17, 15) is 4.79 Å².